The number of fused-ring (bicyclic) bond motifs is 1. The standard InChI is InChI=1S/C8H7N3O2/c1-4-5(8(12)13)2-3-6-7(4)10-11-9-6/h2-4H,1H3,(H,12,13). The lowest BCUT2D eigenvalue weighted by molar-refractivity contribution is -0.133. The zero-order valence-electron chi connectivity index (χ0n) is 6.93. The number of rotatable bonds is 1. The second-order valence-corrected chi connectivity index (χ2v) is 2.88. The minimum absolute atomic E-state index is 0.229. The van der Waals surface area contributed by atoms with Crippen LogP contribution in [0.1, 0.15) is 6.92 Å². The Morgan fingerprint density at radius 1 is 1.54 bits per heavy atom. The van der Waals surface area contributed by atoms with Crippen molar-refractivity contribution in [1.29, 1.82) is 0 Å². The molecule has 2 aliphatic rings. The molecule has 0 saturated heterocycles. The molecular formula is C8H7N3O2. The first-order chi connectivity index (χ1) is 6.20. The highest BCUT2D eigenvalue weighted by Gasteiger charge is 2.28. The van der Waals surface area contributed by atoms with E-state index in [1.54, 1.807) is 19.1 Å². The summed E-state index contributed by atoms with van der Waals surface area (Å²) in [5, 5.41) is 19.8. The molecule has 1 unspecified atom stereocenters. The number of nitrogens with zero attached hydrogens (tertiary/aromatic N) is 3. The fourth-order valence-electron chi connectivity index (χ4n) is 1.37. The maximum atomic E-state index is 10.7. The molecule has 1 heterocycles. The Bertz CT molecular complexity index is 390. The fourth-order valence-corrected chi connectivity index (χ4v) is 1.37. The topological polar surface area (TPSA) is 74.4 Å². The van der Waals surface area contributed by atoms with Gasteiger partial charge in [-0.15, -0.1) is 10.2 Å². The first-order valence-electron chi connectivity index (χ1n) is 3.84. The van der Waals surface area contributed by atoms with E-state index in [2.05, 4.69) is 15.4 Å². The highest BCUT2D eigenvalue weighted by atomic mass is 16.4. The van der Waals surface area contributed by atoms with Gasteiger partial charge in [-0.25, -0.2) is 4.79 Å². The molecule has 5 nitrogen and oxygen atoms in total. The van der Waals surface area contributed by atoms with Crippen molar-refractivity contribution in [1.82, 2.24) is 0 Å². The predicted octanol–water partition coefficient (Wildman–Crippen LogP) is 1.35. The summed E-state index contributed by atoms with van der Waals surface area (Å²) in [5.41, 5.74) is 1.63. The molecule has 0 aromatic rings. The molecule has 0 fully saturated rings. The van der Waals surface area contributed by atoms with Gasteiger partial charge in [-0.3, -0.25) is 0 Å². The zero-order chi connectivity index (χ0) is 9.42. The van der Waals surface area contributed by atoms with Crippen LogP contribution in [0.5, 0.6) is 0 Å². The summed E-state index contributed by atoms with van der Waals surface area (Å²) < 4.78 is 0. The van der Waals surface area contributed by atoms with Gasteiger partial charge in [-0.2, -0.15) is 0 Å². The van der Waals surface area contributed by atoms with E-state index in [1.807, 2.05) is 0 Å². The number of carbonyl (C=O) groups is 1. The van der Waals surface area contributed by atoms with Gasteiger partial charge >= 0.3 is 5.97 Å². The van der Waals surface area contributed by atoms with Gasteiger partial charge in [0.1, 0.15) is 5.70 Å². The summed E-state index contributed by atoms with van der Waals surface area (Å²) in [6.45, 7) is 1.78. The van der Waals surface area contributed by atoms with Crippen LogP contribution in [0.4, 0.5) is 0 Å². The summed E-state index contributed by atoms with van der Waals surface area (Å²) in [5.74, 6) is -1.15. The van der Waals surface area contributed by atoms with Crippen LogP contribution in [0.15, 0.2) is 38.9 Å². The number of aliphatic carboxylic acids is 1. The Morgan fingerprint density at radius 3 is 3.00 bits per heavy atom. The van der Waals surface area contributed by atoms with Crippen molar-refractivity contribution in [2.45, 2.75) is 6.92 Å². The highest BCUT2D eigenvalue weighted by molar-refractivity contribution is 6.09. The van der Waals surface area contributed by atoms with Crippen LogP contribution in [-0.2, 0) is 4.79 Å². The van der Waals surface area contributed by atoms with E-state index in [4.69, 9.17) is 5.11 Å². The maximum Gasteiger partial charge on any atom is 0.332 e. The van der Waals surface area contributed by atoms with Gasteiger partial charge in [0.25, 0.3) is 0 Å². The van der Waals surface area contributed by atoms with Crippen molar-refractivity contribution >= 4 is 11.7 Å². The van der Waals surface area contributed by atoms with Crippen LogP contribution in [0.3, 0.4) is 0 Å². The second-order valence-electron chi connectivity index (χ2n) is 2.88. The van der Waals surface area contributed by atoms with E-state index < -0.39 is 5.97 Å². The molecular weight excluding hydrogens is 170 g/mol. The van der Waals surface area contributed by atoms with E-state index in [0.717, 1.165) is 0 Å². The minimum atomic E-state index is -0.919. The summed E-state index contributed by atoms with van der Waals surface area (Å²) in [7, 11) is 0. The Hall–Kier alpha value is -1.78. The van der Waals surface area contributed by atoms with Gasteiger partial charge in [0, 0.05) is 11.5 Å². The van der Waals surface area contributed by atoms with E-state index in [-0.39, 0.29) is 5.92 Å². The Morgan fingerprint density at radius 2 is 2.31 bits per heavy atom. The predicted molar refractivity (Wildman–Crippen MR) is 45.3 cm³/mol. The summed E-state index contributed by atoms with van der Waals surface area (Å²) in [6, 6.07) is 0. The van der Waals surface area contributed by atoms with Crippen LogP contribution in [0.25, 0.3) is 0 Å². The van der Waals surface area contributed by atoms with Crippen molar-refractivity contribution in [3.05, 3.63) is 23.4 Å². The van der Waals surface area contributed by atoms with Gasteiger partial charge in [-0.05, 0) is 17.4 Å². The molecule has 1 N–H and O–H groups in total. The van der Waals surface area contributed by atoms with Crippen LogP contribution in [-0.4, -0.2) is 16.8 Å². The van der Waals surface area contributed by atoms with Crippen LogP contribution < -0.4 is 0 Å². The maximum absolute atomic E-state index is 10.7. The molecule has 0 aromatic heterocycles. The molecule has 2 rings (SSSR count). The number of allylic oxidation sites excluding steroid dienone is 3. The zero-order valence-corrected chi connectivity index (χ0v) is 6.93. The van der Waals surface area contributed by atoms with Crippen molar-refractivity contribution in [3.63, 3.8) is 0 Å². The first-order valence-corrected chi connectivity index (χ1v) is 3.84. The van der Waals surface area contributed by atoms with E-state index in [1.165, 1.54) is 0 Å². The third kappa shape index (κ3) is 1.09. The molecule has 0 radical (unpaired) electrons. The van der Waals surface area contributed by atoms with Crippen LogP contribution in [0, 0.1) is 5.92 Å². The highest BCUT2D eigenvalue weighted by Crippen LogP contribution is 2.26. The molecule has 0 amide bonds. The smallest absolute Gasteiger partial charge is 0.332 e. The van der Waals surface area contributed by atoms with E-state index in [9.17, 15) is 4.79 Å². The number of hydrogen-bond acceptors (Lipinski definition) is 4. The Labute approximate surface area is 74.2 Å². The molecule has 66 valence electrons. The van der Waals surface area contributed by atoms with Gasteiger partial charge in [0.2, 0.25) is 0 Å². The quantitative estimate of drug-likeness (QED) is 0.656. The van der Waals surface area contributed by atoms with E-state index >= 15 is 0 Å². The SMILES string of the molecule is CC1C(C(=O)O)=CC=C2N=NN=C21. The molecule has 0 saturated carbocycles. The lowest BCUT2D eigenvalue weighted by Crippen LogP contribution is -2.21. The lowest BCUT2D eigenvalue weighted by Gasteiger charge is -2.14. The summed E-state index contributed by atoms with van der Waals surface area (Å²) >= 11 is 0. The van der Waals surface area contributed by atoms with Gasteiger partial charge in [0.05, 0.1) is 5.71 Å². The largest absolute Gasteiger partial charge is 0.478 e. The van der Waals surface area contributed by atoms with Gasteiger partial charge in [-0.1, -0.05) is 6.92 Å². The third-order valence-corrected chi connectivity index (χ3v) is 2.11. The second kappa shape index (κ2) is 2.62. The molecule has 5 heteroatoms. The molecule has 0 aromatic carbocycles. The Balaban J connectivity index is 2.43. The van der Waals surface area contributed by atoms with Crippen molar-refractivity contribution in [2.24, 2.45) is 21.4 Å². The number of carboxylic acids is 1. The minimum Gasteiger partial charge on any atom is -0.478 e. The monoisotopic (exact) mass is 177 g/mol. The molecule has 1 aliphatic carbocycles. The van der Waals surface area contributed by atoms with Crippen molar-refractivity contribution in [3.8, 4) is 0 Å². The summed E-state index contributed by atoms with van der Waals surface area (Å²) in [6.07, 6.45) is 3.17. The van der Waals surface area contributed by atoms with Crippen LogP contribution >= 0.6 is 0 Å². The molecule has 1 aliphatic heterocycles. The number of hydrogen-bond donors (Lipinski definition) is 1. The molecule has 0 spiro atoms. The first kappa shape index (κ1) is 7.85. The summed E-state index contributed by atoms with van der Waals surface area (Å²) in [4.78, 5) is 10.7. The third-order valence-electron chi connectivity index (χ3n) is 2.11. The molecule has 0 bridgehead atoms. The van der Waals surface area contributed by atoms with Gasteiger partial charge in [0.15, 0.2) is 0 Å². The average molecular weight is 177 g/mol. The van der Waals surface area contributed by atoms with Crippen LogP contribution in [0.2, 0.25) is 0 Å². The normalized spacial score (nSPS) is 24.7. The average Bonchev–Trinajstić information content (AvgIpc) is 2.52. The molecule has 1 atom stereocenters. The Kier molecular flexibility index (Phi) is 1.58. The van der Waals surface area contributed by atoms with Crippen molar-refractivity contribution < 1.29 is 9.90 Å². The van der Waals surface area contributed by atoms with Gasteiger partial charge < -0.3 is 5.11 Å². The fraction of sp³-hybridized carbons (Fsp3) is 0.250. The number of carboxylic acid groups (broad SMARTS) is 1. The van der Waals surface area contributed by atoms with E-state index in [0.29, 0.717) is 17.0 Å². The van der Waals surface area contributed by atoms with Crippen molar-refractivity contribution in [2.75, 3.05) is 0 Å². The molecule has 13 heavy (non-hydrogen) atoms. The lowest BCUT2D eigenvalue weighted by atomic mass is 9.90.